The molecule has 2 aliphatic rings. The van der Waals surface area contributed by atoms with E-state index in [1.807, 2.05) is 21.9 Å². The first-order chi connectivity index (χ1) is 9.36. The standard InChI is InChI=1S/C15H22N2O2/c18-15(16-9-4-5-10-16)17-11-3-1-2-7-13(17)14-8-6-12-19-14/h6,8,12-13H,1-5,7,9-11H2. The van der Waals surface area contributed by atoms with Crippen molar-refractivity contribution in [3.63, 3.8) is 0 Å². The summed E-state index contributed by atoms with van der Waals surface area (Å²) in [6, 6.07) is 4.25. The van der Waals surface area contributed by atoms with Crippen molar-refractivity contribution < 1.29 is 9.21 Å². The molecule has 1 aromatic heterocycles. The summed E-state index contributed by atoms with van der Waals surface area (Å²) in [6.45, 7) is 2.70. The van der Waals surface area contributed by atoms with E-state index < -0.39 is 0 Å². The Kier molecular flexibility index (Phi) is 3.76. The molecular weight excluding hydrogens is 240 g/mol. The summed E-state index contributed by atoms with van der Waals surface area (Å²) in [5, 5.41) is 0. The van der Waals surface area contributed by atoms with Crippen LogP contribution in [0.15, 0.2) is 22.8 Å². The first-order valence-electron chi connectivity index (χ1n) is 7.45. The number of urea groups is 1. The first kappa shape index (κ1) is 12.6. The normalized spacial score (nSPS) is 24.5. The number of amides is 2. The second-order valence-corrected chi connectivity index (χ2v) is 5.55. The van der Waals surface area contributed by atoms with Crippen molar-refractivity contribution in [3.05, 3.63) is 24.2 Å². The third kappa shape index (κ3) is 2.62. The van der Waals surface area contributed by atoms with Crippen LogP contribution in [-0.2, 0) is 0 Å². The van der Waals surface area contributed by atoms with E-state index in [2.05, 4.69) is 0 Å². The first-order valence-corrected chi connectivity index (χ1v) is 7.45. The molecule has 1 aromatic rings. The lowest BCUT2D eigenvalue weighted by Crippen LogP contribution is -2.43. The van der Waals surface area contributed by atoms with Crippen LogP contribution in [-0.4, -0.2) is 35.5 Å². The molecule has 4 nitrogen and oxygen atoms in total. The number of hydrogen-bond donors (Lipinski definition) is 0. The number of likely N-dealkylation sites (tertiary alicyclic amines) is 2. The average molecular weight is 262 g/mol. The molecule has 2 amide bonds. The molecule has 2 fully saturated rings. The lowest BCUT2D eigenvalue weighted by molar-refractivity contribution is 0.135. The Bertz CT molecular complexity index is 410. The minimum Gasteiger partial charge on any atom is -0.467 e. The van der Waals surface area contributed by atoms with Crippen molar-refractivity contribution in [3.8, 4) is 0 Å². The SMILES string of the molecule is O=C(N1CCCC1)N1CCCCCC1c1ccco1. The van der Waals surface area contributed by atoms with Crippen LogP contribution >= 0.6 is 0 Å². The van der Waals surface area contributed by atoms with E-state index in [1.165, 1.54) is 12.8 Å². The molecule has 0 aromatic carbocycles. The van der Waals surface area contributed by atoms with Crippen LogP contribution in [0.1, 0.15) is 50.3 Å². The molecular formula is C15H22N2O2. The van der Waals surface area contributed by atoms with Crippen LogP contribution < -0.4 is 0 Å². The highest BCUT2D eigenvalue weighted by atomic mass is 16.3. The summed E-state index contributed by atoms with van der Waals surface area (Å²) in [7, 11) is 0. The lowest BCUT2D eigenvalue weighted by atomic mass is 10.1. The van der Waals surface area contributed by atoms with Gasteiger partial charge in [-0.15, -0.1) is 0 Å². The molecule has 0 saturated carbocycles. The molecule has 19 heavy (non-hydrogen) atoms. The Morgan fingerprint density at radius 1 is 1.11 bits per heavy atom. The highest BCUT2D eigenvalue weighted by Gasteiger charge is 2.32. The maximum Gasteiger partial charge on any atom is 0.320 e. The predicted octanol–water partition coefficient (Wildman–Crippen LogP) is 3.41. The van der Waals surface area contributed by atoms with Gasteiger partial charge < -0.3 is 14.2 Å². The van der Waals surface area contributed by atoms with Gasteiger partial charge in [-0.25, -0.2) is 4.79 Å². The Balaban J connectivity index is 1.79. The van der Waals surface area contributed by atoms with Gasteiger partial charge in [0.15, 0.2) is 0 Å². The Morgan fingerprint density at radius 3 is 2.63 bits per heavy atom. The fourth-order valence-electron chi connectivity index (χ4n) is 3.20. The monoisotopic (exact) mass is 262 g/mol. The van der Waals surface area contributed by atoms with E-state index in [9.17, 15) is 4.79 Å². The molecule has 0 radical (unpaired) electrons. The number of carbonyl (C=O) groups is 1. The highest BCUT2D eigenvalue weighted by molar-refractivity contribution is 5.75. The number of carbonyl (C=O) groups excluding carboxylic acids is 1. The quantitative estimate of drug-likeness (QED) is 0.777. The zero-order valence-electron chi connectivity index (χ0n) is 11.4. The van der Waals surface area contributed by atoms with Crippen molar-refractivity contribution in [2.24, 2.45) is 0 Å². The Hall–Kier alpha value is -1.45. The van der Waals surface area contributed by atoms with E-state index in [0.29, 0.717) is 0 Å². The van der Waals surface area contributed by atoms with Gasteiger partial charge in [0.25, 0.3) is 0 Å². The van der Waals surface area contributed by atoms with Crippen LogP contribution in [0.2, 0.25) is 0 Å². The number of nitrogens with zero attached hydrogens (tertiary/aromatic N) is 2. The summed E-state index contributed by atoms with van der Waals surface area (Å²) in [4.78, 5) is 16.7. The zero-order chi connectivity index (χ0) is 13.1. The molecule has 3 heterocycles. The van der Waals surface area contributed by atoms with Gasteiger partial charge in [0.05, 0.1) is 12.3 Å². The van der Waals surface area contributed by atoms with Crippen LogP contribution in [0, 0.1) is 0 Å². The van der Waals surface area contributed by atoms with Crippen molar-refractivity contribution in [2.45, 2.75) is 44.6 Å². The van der Waals surface area contributed by atoms with Crippen molar-refractivity contribution in [1.29, 1.82) is 0 Å². The Labute approximate surface area is 114 Å². The fourth-order valence-corrected chi connectivity index (χ4v) is 3.20. The van der Waals surface area contributed by atoms with Gasteiger partial charge in [-0.3, -0.25) is 0 Å². The van der Waals surface area contributed by atoms with Crippen molar-refractivity contribution in [2.75, 3.05) is 19.6 Å². The summed E-state index contributed by atoms with van der Waals surface area (Å²) < 4.78 is 5.56. The molecule has 2 saturated heterocycles. The van der Waals surface area contributed by atoms with E-state index in [-0.39, 0.29) is 12.1 Å². The van der Waals surface area contributed by atoms with Gasteiger partial charge in [-0.2, -0.15) is 0 Å². The maximum absolute atomic E-state index is 12.7. The third-order valence-corrected chi connectivity index (χ3v) is 4.25. The third-order valence-electron chi connectivity index (χ3n) is 4.25. The molecule has 104 valence electrons. The second kappa shape index (κ2) is 5.68. The van der Waals surface area contributed by atoms with Gasteiger partial charge in [-0.1, -0.05) is 12.8 Å². The molecule has 4 heteroatoms. The molecule has 0 spiro atoms. The van der Waals surface area contributed by atoms with Crippen LogP contribution in [0.5, 0.6) is 0 Å². The van der Waals surface area contributed by atoms with Gasteiger partial charge in [0.2, 0.25) is 0 Å². The number of furan rings is 1. The van der Waals surface area contributed by atoms with Crippen molar-refractivity contribution in [1.82, 2.24) is 9.80 Å². The van der Waals surface area contributed by atoms with E-state index in [4.69, 9.17) is 4.42 Å². The highest BCUT2D eigenvalue weighted by Crippen LogP contribution is 2.31. The number of rotatable bonds is 1. The smallest absolute Gasteiger partial charge is 0.320 e. The number of hydrogen-bond acceptors (Lipinski definition) is 2. The Morgan fingerprint density at radius 2 is 1.89 bits per heavy atom. The maximum atomic E-state index is 12.7. The van der Waals surface area contributed by atoms with Gasteiger partial charge in [-0.05, 0) is 37.8 Å². The molecule has 2 aliphatic heterocycles. The summed E-state index contributed by atoms with van der Waals surface area (Å²) in [5.74, 6) is 0.939. The molecule has 1 unspecified atom stereocenters. The van der Waals surface area contributed by atoms with Gasteiger partial charge in [0.1, 0.15) is 5.76 Å². The second-order valence-electron chi connectivity index (χ2n) is 5.55. The summed E-state index contributed by atoms with van der Waals surface area (Å²) in [6.07, 6.45) is 8.51. The van der Waals surface area contributed by atoms with Gasteiger partial charge in [0, 0.05) is 19.6 Å². The average Bonchev–Trinajstić information content (AvgIpc) is 3.08. The fraction of sp³-hybridized carbons (Fsp3) is 0.667. The predicted molar refractivity (Wildman–Crippen MR) is 72.8 cm³/mol. The van der Waals surface area contributed by atoms with E-state index >= 15 is 0 Å². The topological polar surface area (TPSA) is 36.7 Å². The lowest BCUT2D eigenvalue weighted by Gasteiger charge is -2.32. The van der Waals surface area contributed by atoms with Crippen LogP contribution in [0.4, 0.5) is 4.79 Å². The van der Waals surface area contributed by atoms with E-state index in [0.717, 1.165) is 51.1 Å². The van der Waals surface area contributed by atoms with Crippen LogP contribution in [0.3, 0.4) is 0 Å². The zero-order valence-corrected chi connectivity index (χ0v) is 11.4. The largest absolute Gasteiger partial charge is 0.467 e. The molecule has 0 aliphatic carbocycles. The van der Waals surface area contributed by atoms with Crippen LogP contribution in [0.25, 0.3) is 0 Å². The van der Waals surface area contributed by atoms with Crippen molar-refractivity contribution >= 4 is 6.03 Å². The van der Waals surface area contributed by atoms with E-state index in [1.54, 1.807) is 6.26 Å². The molecule has 0 N–H and O–H groups in total. The molecule has 3 rings (SSSR count). The minimum absolute atomic E-state index is 0.130. The molecule has 1 atom stereocenters. The summed E-state index contributed by atoms with van der Waals surface area (Å²) >= 11 is 0. The minimum atomic E-state index is 0.130. The summed E-state index contributed by atoms with van der Waals surface area (Å²) in [5.41, 5.74) is 0. The van der Waals surface area contributed by atoms with Gasteiger partial charge >= 0.3 is 6.03 Å². The molecule has 0 bridgehead atoms.